The molecule has 0 aromatic heterocycles. The van der Waals surface area contributed by atoms with Gasteiger partial charge in [-0.15, -0.1) is 6.42 Å². The van der Waals surface area contributed by atoms with E-state index in [4.69, 9.17) is 16.3 Å². The molecule has 0 spiro atoms. The van der Waals surface area contributed by atoms with Gasteiger partial charge in [-0.05, 0) is 37.5 Å². The van der Waals surface area contributed by atoms with Gasteiger partial charge in [0.1, 0.15) is 0 Å². The Bertz CT molecular complexity index is 606. The standard InChI is InChI=1S/C17H16F4O2/c1-2-14(22)8-6-13-7-9-16(15(18)12-13)23-11-5-3-4-10-17(19,20)21/h1,7,9,12,14,22H,3-5,10-11H2. The molecule has 0 heterocycles. The Hall–Kier alpha value is -2.18. The number of aliphatic hydroxyl groups is 1. The van der Waals surface area contributed by atoms with Crippen LogP contribution in [0, 0.1) is 30.0 Å². The highest BCUT2D eigenvalue weighted by Gasteiger charge is 2.25. The van der Waals surface area contributed by atoms with Crippen molar-refractivity contribution in [3.8, 4) is 29.9 Å². The van der Waals surface area contributed by atoms with E-state index < -0.39 is 24.5 Å². The van der Waals surface area contributed by atoms with Crippen molar-refractivity contribution in [3.05, 3.63) is 29.6 Å². The molecular formula is C17H16F4O2. The minimum atomic E-state index is -4.14. The lowest BCUT2D eigenvalue weighted by Gasteiger charge is -2.08. The van der Waals surface area contributed by atoms with E-state index in [-0.39, 0.29) is 18.8 Å². The van der Waals surface area contributed by atoms with Crippen LogP contribution in [0.1, 0.15) is 31.2 Å². The van der Waals surface area contributed by atoms with E-state index in [2.05, 4.69) is 11.8 Å². The summed E-state index contributed by atoms with van der Waals surface area (Å²) in [6.45, 7) is 0.135. The number of hydrogen-bond acceptors (Lipinski definition) is 2. The van der Waals surface area contributed by atoms with Gasteiger partial charge < -0.3 is 9.84 Å². The van der Waals surface area contributed by atoms with Gasteiger partial charge in [-0.2, -0.15) is 13.2 Å². The third-order valence-electron chi connectivity index (χ3n) is 2.81. The molecule has 0 fully saturated rings. The summed E-state index contributed by atoms with van der Waals surface area (Å²) in [5.41, 5.74) is 0.328. The van der Waals surface area contributed by atoms with Crippen molar-refractivity contribution in [1.29, 1.82) is 0 Å². The van der Waals surface area contributed by atoms with Crippen LogP contribution in [0.3, 0.4) is 0 Å². The Morgan fingerprint density at radius 3 is 2.57 bits per heavy atom. The lowest BCUT2D eigenvalue weighted by Crippen LogP contribution is -2.07. The van der Waals surface area contributed by atoms with Crippen molar-refractivity contribution in [2.75, 3.05) is 6.61 Å². The second-order valence-corrected chi connectivity index (χ2v) is 4.76. The zero-order valence-electron chi connectivity index (χ0n) is 12.3. The zero-order chi connectivity index (χ0) is 17.3. The first kappa shape index (κ1) is 18.9. The van der Waals surface area contributed by atoms with Gasteiger partial charge in [0.25, 0.3) is 0 Å². The van der Waals surface area contributed by atoms with Gasteiger partial charge in [0.15, 0.2) is 17.7 Å². The van der Waals surface area contributed by atoms with Gasteiger partial charge in [-0.3, -0.25) is 0 Å². The van der Waals surface area contributed by atoms with Crippen LogP contribution in [-0.2, 0) is 0 Å². The van der Waals surface area contributed by atoms with Crippen molar-refractivity contribution >= 4 is 0 Å². The van der Waals surface area contributed by atoms with E-state index >= 15 is 0 Å². The highest BCUT2D eigenvalue weighted by Crippen LogP contribution is 2.23. The fraction of sp³-hybridized carbons (Fsp3) is 0.412. The number of unbranched alkanes of at least 4 members (excludes halogenated alkanes) is 2. The predicted octanol–water partition coefficient (Wildman–Crippen LogP) is 3.67. The van der Waals surface area contributed by atoms with E-state index in [1.54, 1.807) is 0 Å². The molecule has 1 N–H and O–H groups in total. The number of ether oxygens (including phenoxy) is 1. The molecule has 0 aliphatic rings. The lowest BCUT2D eigenvalue weighted by atomic mass is 10.2. The van der Waals surface area contributed by atoms with Gasteiger partial charge in [0, 0.05) is 12.0 Å². The van der Waals surface area contributed by atoms with Gasteiger partial charge in [-0.25, -0.2) is 4.39 Å². The maximum Gasteiger partial charge on any atom is 0.389 e. The average Bonchev–Trinajstić information content (AvgIpc) is 2.48. The van der Waals surface area contributed by atoms with Gasteiger partial charge in [0.2, 0.25) is 0 Å². The third-order valence-corrected chi connectivity index (χ3v) is 2.81. The van der Waals surface area contributed by atoms with Crippen LogP contribution < -0.4 is 4.74 Å². The Kier molecular flexibility index (Phi) is 7.44. The molecule has 0 bridgehead atoms. The first-order valence-electron chi connectivity index (χ1n) is 6.96. The minimum Gasteiger partial charge on any atom is -0.491 e. The summed E-state index contributed by atoms with van der Waals surface area (Å²) in [7, 11) is 0. The SMILES string of the molecule is C#CC(O)C#Cc1ccc(OCCCCCC(F)(F)F)c(F)c1. The fourth-order valence-corrected chi connectivity index (χ4v) is 1.68. The molecule has 1 atom stereocenters. The molecule has 6 heteroatoms. The van der Waals surface area contributed by atoms with Crippen LogP contribution in [-0.4, -0.2) is 24.0 Å². The van der Waals surface area contributed by atoms with Crippen LogP contribution >= 0.6 is 0 Å². The Labute approximate surface area is 132 Å². The monoisotopic (exact) mass is 328 g/mol. The van der Waals surface area contributed by atoms with Gasteiger partial charge in [-0.1, -0.05) is 17.8 Å². The van der Waals surface area contributed by atoms with E-state index in [1.165, 1.54) is 12.1 Å². The number of terminal acetylenes is 1. The summed E-state index contributed by atoms with van der Waals surface area (Å²) >= 11 is 0. The molecule has 1 aromatic rings. The molecule has 0 saturated heterocycles. The third kappa shape index (κ3) is 8.13. The van der Waals surface area contributed by atoms with Crippen LogP contribution in [0.25, 0.3) is 0 Å². The minimum absolute atomic E-state index is 0.00358. The number of benzene rings is 1. The molecule has 2 nitrogen and oxygen atoms in total. The average molecular weight is 328 g/mol. The molecule has 0 saturated carbocycles. The fourth-order valence-electron chi connectivity index (χ4n) is 1.68. The van der Waals surface area contributed by atoms with Crippen molar-refractivity contribution < 1.29 is 27.4 Å². The largest absolute Gasteiger partial charge is 0.491 e. The normalized spacial score (nSPS) is 12.0. The molecular weight excluding hydrogens is 312 g/mol. The number of aliphatic hydroxyl groups excluding tert-OH is 1. The molecule has 0 aliphatic carbocycles. The van der Waals surface area contributed by atoms with Crippen LogP contribution in [0.15, 0.2) is 18.2 Å². The van der Waals surface area contributed by atoms with E-state index in [0.29, 0.717) is 18.4 Å². The number of alkyl halides is 3. The number of hydrogen-bond donors (Lipinski definition) is 1. The molecule has 1 unspecified atom stereocenters. The molecule has 0 radical (unpaired) electrons. The number of rotatable bonds is 6. The molecule has 124 valence electrons. The molecule has 0 aliphatic heterocycles. The first-order chi connectivity index (χ1) is 10.8. The summed E-state index contributed by atoms with van der Waals surface area (Å²) < 4.78 is 54.7. The topological polar surface area (TPSA) is 29.5 Å². The molecule has 1 aromatic carbocycles. The Morgan fingerprint density at radius 2 is 1.96 bits per heavy atom. The molecule has 23 heavy (non-hydrogen) atoms. The van der Waals surface area contributed by atoms with E-state index in [1.807, 2.05) is 5.92 Å². The van der Waals surface area contributed by atoms with Gasteiger partial charge in [0.05, 0.1) is 6.61 Å². The zero-order valence-corrected chi connectivity index (χ0v) is 12.3. The quantitative estimate of drug-likeness (QED) is 0.490. The number of halogens is 4. The summed E-state index contributed by atoms with van der Waals surface area (Å²) in [6.07, 6.45) is -0.443. The summed E-state index contributed by atoms with van der Waals surface area (Å²) in [4.78, 5) is 0. The highest BCUT2D eigenvalue weighted by atomic mass is 19.4. The van der Waals surface area contributed by atoms with E-state index in [9.17, 15) is 17.6 Å². The predicted molar refractivity (Wildman–Crippen MR) is 78.1 cm³/mol. The second-order valence-electron chi connectivity index (χ2n) is 4.76. The van der Waals surface area contributed by atoms with Crippen LogP contribution in [0.4, 0.5) is 17.6 Å². The molecule has 0 amide bonds. The van der Waals surface area contributed by atoms with Crippen molar-refractivity contribution in [2.45, 2.75) is 38.0 Å². The summed E-state index contributed by atoms with van der Waals surface area (Å²) in [5, 5.41) is 9.08. The van der Waals surface area contributed by atoms with Crippen LogP contribution in [0.5, 0.6) is 5.75 Å². The Morgan fingerprint density at radius 1 is 1.22 bits per heavy atom. The van der Waals surface area contributed by atoms with Crippen molar-refractivity contribution in [2.24, 2.45) is 0 Å². The summed E-state index contributed by atoms with van der Waals surface area (Å²) in [6, 6.07) is 4.00. The lowest BCUT2D eigenvalue weighted by molar-refractivity contribution is -0.135. The second kappa shape index (κ2) is 9.07. The Balaban J connectivity index is 2.41. The van der Waals surface area contributed by atoms with E-state index in [0.717, 1.165) is 6.07 Å². The van der Waals surface area contributed by atoms with Crippen molar-refractivity contribution in [1.82, 2.24) is 0 Å². The molecule has 1 rings (SSSR count). The first-order valence-corrected chi connectivity index (χ1v) is 6.96. The smallest absolute Gasteiger partial charge is 0.389 e. The maximum atomic E-state index is 13.7. The van der Waals surface area contributed by atoms with Crippen molar-refractivity contribution in [3.63, 3.8) is 0 Å². The summed E-state index contributed by atoms with van der Waals surface area (Å²) in [5.74, 6) is 6.24. The van der Waals surface area contributed by atoms with Crippen LogP contribution in [0.2, 0.25) is 0 Å². The maximum absolute atomic E-state index is 13.7. The van der Waals surface area contributed by atoms with Gasteiger partial charge >= 0.3 is 6.18 Å². The highest BCUT2D eigenvalue weighted by molar-refractivity contribution is 5.40.